The van der Waals surface area contributed by atoms with E-state index in [1.807, 2.05) is 36.4 Å². The molecule has 2 aromatic carbocycles. The number of anilines is 1. The van der Waals surface area contributed by atoms with Crippen LogP contribution in [0.3, 0.4) is 0 Å². The van der Waals surface area contributed by atoms with Gasteiger partial charge in [-0.3, -0.25) is 9.69 Å². The molecule has 1 aliphatic heterocycles. The molecule has 0 atom stereocenters. The predicted octanol–water partition coefficient (Wildman–Crippen LogP) is 2.61. The molecule has 30 heavy (non-hydrogen) atoms. The quantitative estimate of drug-likeness (QED) is 0.621. The number of amides is 1. The Labute approximate surface area is 176 Å². The molecule has 1 aromatic heterocycles. The van der Waals surface area contributed by atoms with E-state index < -0.39 is 0 Å². The van der Waals surface area contributed by atoms with Crippen LogP contribution in [0.4, 0.5) is 5.69 Å². The maximum atomic E-state index is 12.1. The number of carbonyl (C=O) groups excluding carboxylic acids is 1. The molecule has 4 rings (SSSR count). The van der Waals surface area contributed by atoms with Crippen LogP contribution >= 0.6 is 0 Å². The van der Waals surface area contributed by atoms with Crippen molar-refractivity contribution in [2.24, 2.45) is 0 Å². The first-order valence-corrected chi connectivity index (χ1v) is 10.4. The summed E-state index contributed by atoms with van der Waals surface area (Å²) in [5.74, 6) is 1.05. The van der Waals surface area contributed by atoms with Gasteiger partial charge in [0.05, 0.1) is 0 Å². The highest BCUT2D eigenvalue weighted by Crippen LogP contribution is 2.16. The van der Waals surface area contributed by atoms with E-state index in [-0.39, 0.29) is 5.91 Å². The number of aryl methyl sites for hydroxylation is 1. The average Bonchev–Trinajstić information content (AvgIpc) is 3.29. The zero-order valence-corrected chi connectivity index (χ0v) is 17.0. The third-order valence-corrected chi connectivity index (χ3v) is 5.31. The first-order valence-electron chi connectivity index (χ1n) is 10.4. The fraction of sp³-hybridized carbons (Fsp3) is 0.348. The minimum atomic E-state index is 0.0115. The Kier molecular flexibility index (Phi) is 6.72. The van der Waals surface area contributed by atoms with E-state index >= 15 is 0 Å². The zero-order chi connectivity index (χ0) is 20.6. The molecule has 1 saturated heterocycles. The van der Waals surface area contributed by atoms with Gasteiger partial charge in [-0.2, -0.15) is 4.98 Å². The summed E-state index contributed by atoms with van der Waals surface area (Å²) < 4.78 is 5.26. The van der Waals surface area contributed by atoms with Crippen LogP contribution in [0.5, 0.6) is 0 Å². The van der Waals surface area contributed by atoms with Crippen molar-refractivity contribution < 1.29 is 9.32 Å². The third kappa shape index (κ3) is 5.45. The molecule has 0 radical (unpaired) electrons. The van der Waals surface area contributed by atoms with Gasteiger partial charge in [-0.05, 0) is 12.1 Å². The summed E-state index contributed by atoms with van der Waals surface area (Å²) >= 11 is 0. The molecule has 0 bridgehead atoms. The van der Waals surface area contributed by atoms with Crippen LogP contribution < -0.4 is 10.2 Å². The highest BCUT2D eigenvalue weighted by molar-refractivity contribution is 5.76. The van der Waals surface area contributed by atoms with Crippen LogP contribution in [0.1, 0.15) is 12.3 Å². The number of nitrogens with zero attached hydrogens (tertiary/aromatic N) is 4. The second kappa shape index (κ2) is 10.0. The van der Waals surface area contributed by atoms with Gasteiger partial charge in [0.1, 0.15) is 0 Å². The summed E-state index contributed by atoms with van der Waals surface area (Å²) in [5, 5.41) is 6.98. The van der Waals surface area contributed by atoms with Gasteiger partial charge in [0.15, 0.2) is 0 Å². The molecule has 3 aromatic rings. The SMILES string of the molecule is O=C(CCc1nc(-c2ccccc2)no1)NCCN1CCN(c2ccccc2)CC1. The third-order valence-electron chi connectivity index (χ3n) is 5.31. The van der Waals surface area contributed by atoms with Gasteiger partial charge in [0.2, 0.25) is 17.6 Å². The van der Waals surface area contributed by atoms with Gasteiger partial charge in [-0.25, -0.2) is 0 Å². The molecule has 7 nitrogen and oxygen atoms in total. The molecular weight excluding hydrogens is 378 g/mol. The van der Waals surface area contributed by atoms with Crippen molar-refractivity contribution in [3.63, 3.8) is 0 Å². The monoisotopic (exact) mass is 405 g/mol. The Balaban J connectivity index is 1.13. The Morgan fingerprint density at radius 2 is 1.67 bits per heavy atom. The highest BCUT2D eigenvalue weighted by Gasteiger charge is 2.17. The lowest BCUT2D eigenvalue weighted by molar-refractivity contribution is -0.121. The van der Waals surface area contributed by atoms with E-state index in [4.69, 9.17) is 4.52 Å². The van der Waals surface area contributed by atoms with Crippen molar-refractivity contribution in [3.05, 3.63) is 66.6 Å². The molecule has 2 heterocycles. The van der Waals surface area contributed by atoms with E-state index in [0.29, 0.717) is 31.1 Å². The molecular formula is C23H27N5O2. The highest BCUT2D eigenvalue weighted by atomic mass is 16.5. The first kappa shape index (κ1) is 20.1. The van der Waals surface area contributed by atoms with E-state index in [1.165, 1.54) is 5.69 Å². The van der Waals surface area contributed by atoms with Gasteiger partial charge < -0.3 is 14.7 Å². The summed E-state index contributed by atoms with van der Waals surface area (Å²) in [6, 6.07) is 20.2. The number of carbonyl (C=O) groups is 1. The zero-order valence-electron chi connectivity index (χ0n) is 17.0. The van der Waals surface area contributed by atoms with Crippen molar-refractivity contribution in [2.75, 3.05) is 44.2 Å². The number of benzene rings is 2. The van der Waals surface area contributed by atoms with E-state index in [9.17, 15) is 4.79 Å². The second-order valence-electron chi connectivity index (χ2n) is 7.39. The van der Waals surface area contributed by atoms with Crippen LogP contribution in [-0.2, 0) is 11.2 Å². The van der Waals surface area contributed by atoms with Crippen LogP contribution in [0.15, 0.2) is 65.2 Å². The minimum absolute atomic E-state index is 0.0115. The number of aromatic nitrogens is 2. The molecule has 0 aliphatic carbocycles. The average molecular weight is 406 g/mol. The Morgan fingerprint density at radius 3 is 2.40 bits per heavy atom. The molecule has 0 unspecified atom stereocenters. The lowest BCUT2D eigenvalue weighted by Gasteiger charge is -2.36. The molecule has 156 valence electrons. The largest absolute Gasteiger partial charge is 0.369 e. The number of hydrogen-bond acceptors (Lipinski definition) is 6. The van der Waals surface area contributed by atoms with Crippen LogP contribution in [-0.4, -0.2) is 60.2 Å². The Bertz CT molecular complexity index is 921. The molecule has 7 heteroatoms. The molecule has 1 aliphatic rings. The van der Waals surface area contributed by atoms with Crippen molar-refractivity contribution in [1.82, 2.24) is 20.4 Å². The van der Waals surface area contributed by atoms with Crippen molar-refractivity contribution in [1.29, 1.82) is 0 Å². The van der Waals surface area contributed by atoms with Crippen molar-refractivity contribution in [3.8, 4) is 11.4 Å². The normalized spacial score (nSPS) is 14.6. The van der Waals surface area contributed by atoms with Crippen LogP contribution in [0, 0.1) is 0 Å². The summed E-state index contributed by atoms with van der Waals surface area (Å²) in [5.41, 5.74) is 2.19. The predicted molar refractivity (Wildman–Crippen MR) is 116 cm³/mol. The molecule has 0 spiro atoms. The van der Waals surface area contributed by atoms with Gasteiger partial charge in [0, 0.05) is 63.4 Å². The maximum Gasteiger partial charge on any atom is 0.227 e. The molecule has 0 saturated carbocycles. The molecule has 1 fully saturated rings. The molecule has 1 N–H and O–H groups in total. The summed E-state index contributed by atoms with van der Waals surface area (Å²) in [6.45, 7) is 5.57. The van der Waals surface area contributed by atoms with Crippen LogP contribution in [0.2, 0.25) is 0 Å². The number of para-hydroxylation sites is 1. The molecule has 1 amide bonds. The van der Waals surface area contributed by atoms with E-state index in [1.54, 1.807) is 0 Å². The standard InChI is InChI=1S/C23H27N5O2/c29-21(11-12-22-25-23(26-30-22)19-7-3-1-4-8-19)24-13-14-27-15-17-28(18-16-27)20-9-5-2-6-10-20/h1-10H,11-18H2,(H,24,29). The maximum absolute atomic E-state index is 12.1. The minimum Gasteiger partial charge on any atom is -0.369 e. The van der Waals surface area contributed by atoms with Gasteiger partial charge in [-0.15, -0.1) is 0 Å². The topological polar surface area (TPSA) is 74.5 Å². The fourth-order valence-corrected chi connectivity index (χ4v) is 3.59. The first-order chi connectivity index (χ1) is 14.8. The fourth-order valence-electron chi connectivity index (χ4n) is 3.59. The Morgan fingerprint density at radius 1 is 0.967 bits per heavy atom. The van der Waals surface area contributed by atoms with Crippen molar-refractivity contribution in [2.45, 2.75) is 12.8 Å². The van der Waals surface area contributed by atoms with Gasteiger partial charge in [0.25, 0.3) is 0 Å². The van der Waals surface area contributed by atoms with Gasteiger partial charge in [-0.1, -0.05) is 53.7 Å². The number of piperazine rings is 1. The number of nitrogens with one attached hydrogen (secondary N) is 1. The van der Waals surface area contributed by atoms with E-state index in [2.05, 4.69) is 49.5 Å². The van der Waals surface area contributed by atoms with Crippen LogP contribution in [0.25, 0.3) is 11.4 Å². The van der Waals surface area contributed by atoms with E-state index in [0.717, 1.165) is 38.3 Å². The Hall–Kier alpha value is -3.19. The lowest BCUT2D eigenvalue weighted by Crippen LogP contribution is -2.48. The van der Waals surface area contributed by atoms with Gasteiger partial charge >= 0.3 is 0 Å². The summed E-state index contributed by atoms with van der Waals surface area (Å²) in [6.07, 6.45) is 0.791. The number of hydrogen-bond donors (Lipinski definition) is 1. The summed E-state index contributed by atoms with van der Waals surface area (Å²) in [4.78, 5) is 21.3. The second-order valence-corrected chi connectivity index (χ2v) is 7.39. The lowest BCUT2D eigenvalue weighted by atomic mass is 10.2. The van der Waals surface area contributed by atoms with Crippen molar-refractivity contribution >= 4 is 11.6 Å². The smallest absolute Gasteiger partial charge is 0.227 e. The summed E-state index contributed by atoms with van der Waals surface area (Å²) in [7, 11) is 0. The number of rotatable bonds is 8.